The lowest BCUT2D eigenvalue weighted by Gasteiger charge is -2.11. The molecule has 0 saturated heterocycles. The maximum atomic E-state index is 13.7. The van der Waals surface area contributed by atoms with Crippen molar-refractivity contribution in [2.45, 2.75) is 38.1 Å². The van der Waals surface area contributed by atoms with Gasteiger partial charge >= 0.3 is 0 Å². The van der Waals surface area contributed by atoms with E-state index in [2.05, 4.69) is 15.3 Å². The lowest BCUT2D eigenvalue weighted by Crippen LogP contribution is -2.24. The Bertz CT molecular complexity index is 1110. The SMILES string of the molecule is Cc1cccc(NC(=O)Cc2c(C)nc(SCc3ccccc3F)[nH]c2=O)c1C. The van der Waals surface area contributed by atoms with Crippen LogP contribution in [0.2, 0.25) is 0 Å². The van der Waals surface area contributed by atoms with E-state index in [0.29, 0.717) is 27.7 Å². The van der Waals surface area contributed by atoms with Crippen molar-refractivity contribution in [3.05, 3.63) is 86.6 Å². The fourth-order valence-corrected chi connectivity index (χ4v) is 3.76. The third-order valence-corrected chi connectivity index (χ3v) is 5.66. The first kappa shape index (κ1) is 20.8. The number of H-pyrrole nitrogens is 1. The van der Waals surface area contributed by atoms with E-state index in [1.54, 1.807) is 25.1 Å². The second-order valence-corrected chi connectivity index (χ2v) is 7.75. The molecule has 0 radical (unpaired) electrons. The molecule has 150 valence electrons. The summed E-state index contributed by atoms with van der Waals surface area (Å²) in [6.07, 6.45) is -0.0696. The number of nitrogens with one attached hydrogen (secondary N) is 2. The molecule has 0 fully saturated rings. The standard InChI is InChI=1S/C22H22FN3O2S/c1-13-7-6-10-19(14(13)2)25-20(27)11-17-15(3)24-22(26-21(17)28)29-12-16-8-4-5-9-18(16)23/h4-10H,11-12H2,1-3H3,(H,25,27)(H,24,26,28). The molecular weight excluding hydrogens is 389 g/mol. The van der Waals surface area contributed by atoms with Crippen molar-refractivity contribution in [3.8, 4) is 0 Å². The summed E-state index contributed by atoms with van der Waals surface area (Å²) in [7, 11) is 0. The van der Waals surface area contributed by atoms with Gasteiger partial charge in [-0.1, -0.05) is 42.1 Å². The molecule has 29 heavy (non-hydrogen) atoms. The summed E-state index contributed by atoms with van der Waals surface area (Å²) in [5.41, 5.74) is 3.79. The van der Waals surface area contributed by atoms with Gasteiger partial charge in [-0.25, -0.2) is 9.37 Å². The molecule has 0 spiro atoms. The highest BCUT2D eigenvalue weighted by atomic mass is 32.2. The monoisotopic (exact) mass is 411 g/mol. The van der Waals surface area contributed by atoms with Crippen molar-refractivity contribution >= 4 is 23.4 Å². The minimum Gasteiger partial charge on any atom is -0.326 e. The van der Waals surface area contributed by atoms with Gasteiger partial charge in [0, 0.05) is 22.7 Å². The van der Waals surface area contributed by atoms with E-state index in [-0.39, 0.29) is 23.7 Å². The van der Waals surface area contributed by atoms with Crippen molar-refractivity contribution in [3.63, 3.8) is 0 Å². The molecule has 0 unspecified atom stereocenters. The normalized spacial score (nSPS) is 10.8. The highest BCUT2D eigenvalue weighted by Crippen LogP contribution is 2.21. The third-order valence-electron chi connectivity index (χ3n) is 4.74. The van der Waals surface area contributed by atoms with Gasteiger partial charge in [0.25, 0.3) is 5.56 Å². The van der Waals surface area contributed by atoms with E-state index in [1.165, 1.54) is 17.8 Å². The van der Waals surface area contributed by atoms with Crippen molar-refractivity contribution in [1.82, 2.24) is 9.97 Å². The summed E-state index contributed by atoms with van der Waals surface area (Å²) in [6.45, 7) is 5.61. The van der Waals surface area contributed by atoms with Gasteiger partial charge in [-0.3, -0.25) is 9.59 Å². The fraction of sp³-hybridized carbons (Fsp3) is 0.227. The quantitative estimate of drug-likeness (QED) is 0.468. The zero-order valence-electron chi connectivity index (χ0n) is 16.5. The number of aryl methyl sites for hydroxylation is 2. The number of amides is 1. The van der Waals surface area contributed by atoms with Gasteiger partial charge < -0.3 is 10.3 Å². The maximum Gasteiger partial charge on any atom is 0.255 e. The molecule has 1 aromatic heterocycles. The zero-order chi connectivity index (χ0) is 21.0. The van der Waals surface area contributed by atoms with Gasteiger partial charge in [-0.15, -0.1) is 0 Å². The number of carbonyl (C=O) groups is 1. The lowest BCUT2D eigenvalue weighted by atomic mass is 10.1. The molecule has 5 nitrogen and oxygen atoms in total. The maximum absolute atomic E-state index is 13.7. The summed E-state index contributed by atoms with van der Waals surface area (Å²) in [6, 6.07) is 12.2. The van der Waals surface area contributed by atoms with Gasteiger partial charge in [-0.2, -0.15) is 0 Å². The average Bonchev–Trinajstić information content (AvgIpc) is 2.68. The highest BCUT2D eigenvalue weighted by molar-refractivity contribution is 7.98. The number of nitrogens with zero attached hydrogens (tertiary/aromatic N) is 1. The van der Waals surface area contributed by atoms with Crippen LogP contribution in [0.3, 0.4) is 0 Å². The number of carbonyl (C=O) groups excluding carboxylic acids is 1. The Balaban J connectivity index is 1.70. The van der Waals surface area contributed by atoms with Crippen LogP contribution in [0, 0.1) is 26.6 Å². The molecule has 0 aliphatic rings. The number of aromatic nitrogens is 2. The molecule has 0 aliphatic carbocycles. The van der Waals surface area contributed by atoms with Crippen molar-refractivity contribution in [1.29, 1.82) is 0 Å². The fourth-order valence-electron chi connectivity index (χ4n) is 2.86. The van der Waals surface area contributed by atoms with Crippen LogP contribution in [-0.4, -0.2) is 15.9 Å². The molecule has 1 heterocycles. The van der Waals surface area contributed by atoms with Crippen LogP contribution in [0.25, 0.3) is 0 Å². The van der Waals surface area contributed by atoms with Gasteiger partial charge in [0.05, 0.1) is 6.42 Å². The Labute approximate surface area is 172 Å². The van der Waals surface area contributed by atoms with E-state index >= 15 is 0 Å². The molecule has 7 heteroatoms. The van der Waals surface area contributed by atoms with Crippen molar-refractivity contribution in [2.24, 2.45) is 0 Å². The summed E-state index contributed by atoms with van der Waals surface area (Å²) in [4.78, 5) is 32.0. The number of hydrogen-bond acceptors (Lipinski definition) is 4. The number of hydrogen-bond donors (Lipinski definition) is 2. The lowest BCUT2D eigenvalue weighted by molar-refractivity contribution is -0.115. The van der Waals surface area contributed by atoms with Crippen LogP contribution in [0.5, 0.6) is 0 Å². The van der Waals surface area contributed by atoms with Crippen LogP contribution in [0.15, 0.2) is 52.4 Å². The van der Waals surface area contributed by atoms with E-state index in [4.69, 9.17) is 0 Å². The van der Waals surface area contributed by atoms with Crippen LogP contribution in [0.4, 0.5) is 10.1 Å². The van der Waals surface area contributed by atoms with Crippen molar-refractivity contribution < 1.29 is 9.18 Å². The summed E-state index contributed by atoms with van der Waals surface area (Å²) in [5.74, 6) is -0.221. The highest BCUT2D eigenvalue weighted by Gasteiger charge is 2.14. The number of halogens is 1. The van der Waals surface area contributed by atoms with Gasteiger partial charge in [-0.05, 0) is 49.6 Å². The molecule has 3 aromatic rings. The van der Waals surface area contributed by atoms with Crippen LogP contribution < -0.4 is 10.9 Å². The molecule has 0 atom stereocenters. The summed E-state index contributed by atoms with van der Waals surface area (Å²) in [5, 5.41) is 3.25. The molecule has 1 amide bonds. The number of aromatic amines is 1. The molecule has 0 bridgehead atoms. The first-order chi connectivity index (χ1) is 13.8. The Morgan fingerprint density at radius 1 is 1.14 bits per heavy atom. The minimum atomic E-state index is -0.357. The molecule has 3 rings (SSSR count). The van der Waals surface area contributed by atoms with E-state index in [0.717, 1.165) is 16.8 Å². The Morgan fingerprint density at radius 2 is 1.90 bits per heavy atom. The summed E-state index contributed by atoms with van der Waals surface area (Å²) < 4.78 is 13.7. The number of rotatable bonds is 6. The predicted octanol–water partition coefficient (Wildman–Crippen LogP) is 4.31. The van der Waals surface area contributed by atoms with Crippen molar-refractivity contribution in [2.75, 3.05) is 5.32 Å². The summed E-state index contributed by atoms with van der Waals surface area (Å²) >= 11 is 1.24. The van der Waals surface area contributed by atoms with E-state index in [1.807, 2.05) is 32.0 Å². The first-order valence-electron chi connectivity index (χ1n) is 9.17. The zero-order valence-corrected chi connectivity index (χ0v) is 17.3. The third kappa shape index (κ3) is 5.12. The van der Waals surface area contributed by atoms with Crippen LogP contribution >= 0.6 is 11.8 Å². The van der Waals surface area contributed by atoms with Gasteiger partial charge in [0.15, 0.2) is 5.16 Å². The van der Waals surface area contributed by atoms with Crippen LogP contribution in [0.1, 0.15) is 27.9 Å². The smallest absolute Gasteiger partial charge is 0.255 e. The number of anilines is 1. The Hall–Kier alpha value is -2.93. The molecule has 2 N–H and O–H groups in total. The first-order valence-corrected chi connectivity index (χ1v) is 10.2. The van der Waals surface area contributed by atoms with Gasteiger partial charge in [0.2, 0.25) is 5.91 Å². The van der Waals surface area contributed by atoms with E-state index in [9.17, 15) is 14.0 Å². The molecule has 0 aliphatic heterocycles. The van der Waals surface area contributed by atoms with Crippen LogP contribution in [-0.2, 0) is 17.0 Å². The van der Waals surface area contributed by atoms with Gasteiger partial charge in [0.1, 0.15) is 5.82 Å². The largest absolute Gasteiger partial charge is 0.326 e. The molecular formula is C22H22FN3O2S. The molecule has 0 saturated carbocycles. The van der Waals surface area contributed by atoms with E-state index < -0.39 is 0 Å². The second kappa shape index (κ2) is 9.05. The number of thioether (sulfide) groups is 1. The minimum absolute atomic E-state index is 0.0696. The second-order valence-electron chi connectivity index (χ2n) is 6.79. The molecule has 2 aromatic carbocycles. The topological polar surface area (TPSA) is 74.8 Å². The predicted molar refractivity (Wildman–Crippen MR) is 114 cm³/mol. The Morgan fingerprint density at radius 3 is 2.62 bits per heavy atom. The average molecular weight is 412 g/mol. The number of benzene rings is 2. The Kier molecular flexibility index (Phi) is 6.49.